The summed E-state index contributed by atoms with van der Waals surface area (Å²) in [6, 6.07) is 10.4. The summed E-state index contributed by atoms with van der Waals surface area (Å²) in [5, 5.41) is 9.32. The fourth-order valence-electron chi connectivity index (χ4n) is 2.98. The Labute approximate surface area is 162 Å². The molecule has 6 heteroatoms. The van der Waals surface area contributed by atoms with Crippen LogP contribution in [-0.2, 0) is 11.2 Å². The first kappa shape index (κ1) is 19.5. The summed E-state index contributed by atoms with van der Waals surface area (Å²) in [5.74, 6) is 0.394. The largest absolute Gasteiger partial charge is 0.479 e. The Morgan fingerprint density at radius 1 is 1.11 bits per heavy atom. The highest BCUT2D eigenvalue weighted by atomic mass is 16.5. The number of ether oxygens (including phenoxy) is 2. The first-order chi connectivity index (χ1) is 13.3. The van der Waals surface area contributed by atoms with Crippen molar-refractivity contribution in [3.63, 3.8) is 0 Å². The van der Waals surface area contributed by atoms with E-state index in [1.807, 2.05) is 39.0 Å². The van der Waals surface area contributed by atoms with E-state index in [-0.39, 0.29) is 11.2 Å². The Hall–Kier alpha value is -3.28. The third-order valence-corrected chi connectivity index (χ3v) is 4.29. The molecule has 0 spiro atoms. The quantitative estimate of drug-likeness (QED) is 0.670. The summed E-state index contributed by atoms with van der Waals surface area (Å²) < 4.78 is 17.2. The summed E-state index contributed by atoms with van der Waals surface area (Å²) in [5.41, 5.74) is 2.11. The number of carboxylic acid groups (broad SMARTS) is 1. The average molecular weight is 382 g/mol. The standard InChI is InChI=1S/C22H22O6/c1-5-18-21(27-16-9-12(2)8-13(3)10-16)20(23)17-7-6-15(11-19(17)28-18)26-14(4)22(24)25/h6-11,14H,5H2,1-4H3,(H,24,25). The van der Waals surface area contributed by atoms with Gasteiger partial charge >= 0.3 is 5.97 Å². The lowest BCUT2D eigenvalue weighted by Crippen LogP contribution is -2.22. The predicted octanol–water partition coefficient (Wildman–Crippen LogP) is 4.62. The molecule has 0 amide bonds. The molecule has 1 N–H and O–H groups in total. The van der Waals surface area contributed by atoms with Gasteiger partial charge in [-0.15, -0.1) is 0 Å². The first-order valence-corrected chi connectivity index (χ1v) is 9.03. The van der Waals surface area contributed by atoms with Gasteiger partial charge in [-0.3, -0.25) is 4.79 Å². The monoisotopic (exact) mass is 382 g/mol. The van der Waals surface area contributed by atoms with Crippen LogP contribution in [0.5, 0.6) is 17.2 Å². The van der Waals surface area contributed by atoms with E-state index >= 15 is 0 Å². The van der Waals surface area contributed by atoms with Crippen molar-refractivity contribution >= 4 is 16.9 Å². The van der Waals surface area contributed by atoms with E-state index < -0.39 is 12.1 Å². The van der Waals surface area contributed by atoms with Crippen molar-refractivity contribution in [1.82, 2.24) is 0 Å². The Morgan fingerprint density at radius 2 is 1.79 bits per heavy atom. The third kappa shape index (κ3) is 4.01. The maximum Gasteiger partial charge on any atom is 0.344 e. The molecule has 0 bridgehead atoms. The fourth-order valence-corrected chi connectivity index (χ4v) is 2.98. The van der Waals surface area contributed by atoms with Crippen molar-refractivity contribution in [2.45, 2.75) is 40.2 Å². The molecule has 0 saturated heterocycles. The van der Waals surface area contributed by atoms with Crippen LogP contribution < -0.4 is 14.9 Å². The van der Waals surface area contributed by atoms with E-state index in [4.69, 9.17) is 19.0 Å². The van der Waals surface area contributed by atoms with Crippen molar-refractivity contribution in [2.75, 3.05) is 0 Å². The highest BCUT2D eigenvalue weighted by molar-refractivity contribution is 5.80. The molecule has 3 aromatic rings. The molecule has 0 aliphatic heterocycles. The molecule has 1 atom stereocenters. The zero-order chi connectivity index (χ0) is 20.4. The molecule has 1 heterocycles. The predicted molar refractivity (Wildman–Crippen MR) is 106 cm³/mol. The Kier molecular flexibility index (Phi) is 5.40. The van der Waals surface area contributed by atoms with Gasteiger partial charge < -0.3 is 19.0 Å². The van der Waals surface area contributed by atoms with Crippen LogP contribution in [0.2, 0.25) is 0 Å². The molecular formula is C22H22O6. The topological polar surface area (TPSA) is 86.0 Å². The minimum Gasteiger partial charge on any atom is -0.479 e. The second kappa shape index (κ2) is 7.76. The molecule has 146 valence electrons. The number of hydrogen-bond acceptors (Lipinski definition) is 5. The second-order valence-corrected chi connectivity index (χ2v) is 6.72. The zero-order valence-corrected chi connectivity index (χ0v) is 16.2. The van der Waals surface area contributed by atoms with Crippen LogP contribution in [0.4, 0.5) is 0 Å². The molecular weight excluding hydrogens is 360 g/mol. The molecule has 1 aromatic heterocycles. The van der Waals surface area contributed by atoms with Gasteiger partial charge in [0.2, 0.25) is 11.2 Å². The molecule has 0 aliphatic rings. The number of carboxylic acids is 1. The van der Waals surface area contributed by atoms with Crippen molar-refractivity contribution in [3.8, 4) is 17.2 Å². The van der Waals surface area contributed by atoms with Gasteiger partial charge in [0.1, 0.15) is 17.1 Å². The summed E-state index contributed by atoms with van der Waals surface area (Å²) in [7, 11) is 0. The van der Waals surface area contributed by atoms with Crippen molar-refractivity contribution in [1.29, 1.82) is 0 Å². The number of fused-ring (bicyclic) bond motifs is 1. The number of aliphatic carboxylic acids is 1. The number of carbonyl (C=O) groups is 1. The lowest BCUT2D eigenvalue weighted by Gasteiger charge is -2.13. The smallest absolute Gasteiger partial charge is 0.344 e. The average Bonchev–Trinajstić information content (AvgIpc) is 2.62. The van der Waals surface area contributed by atoms with E-state index in [9.17, 15) is 9.59 Å². The molecule has 2 aromatic carbocycles. The minimum atomic E-state index is -1.08. The molecule has 0 radical (unpaired) electrons. The summed E-state index contributed by atoms with van der Waals surface area (Å²) >= 11 is 0. The van der Waals surface area contributed by atoms with Gasteiger partial charge in [-0.25, -0.2) is 4.79 Å². The summed E-state index contributed by atoms with van der Waals surface area (Å²) in [4.78, 5) is 24.0. The van der Waals surface area contributed by atoms with E-state index in [0.29, 0.717) is 34.6 Å². The SMILES string of the molecule is CCc1oc2cc(OC(C)C(=O)O)ccc2c(=O)c1Oc1cc(C)cc(C)c1. The highest BCUT2D eigenvalue weighted by Gasteiger charge is 2.18. The van der Waals surface area contributed by atoms with E-state index in [1.54, 1.807) is 12.1 Å². The van der Waals surface area contributed by atoms with Gasteiger partial charge in [0.05, 0.1) is 5.39 Å². The van der Waals surface area contributed by atoms with Gasteiger partial charge in [-0.05, 0) is 56.2 Å². The molecule has 0 fully saturated rings. The lowest BCUT2D eigenvalue weighted by molar-refractivity contribution is -0.144. The van der Waals surface area contributed by atoms with Crippen molar-refractivity contribution in [2.24, 2.45) is 0 Å². The number of hydrogen-bond donors (Lipinski definition) is 1. The Balaban J connectivity index is 2.05. The lowest BCUT2D eigenvalue weighted by atomic mass is 10.1. The van der Waals surface area contributed by atoms with Crippen LogP contribution in [-0.4, -0.2) is 17.2 Å². The van der Waals surface area contributed by atoms with Crippen molar-refractivity contribution < 1.29 is 23.8 Å². The molecule has 28 heavy (non-hydrogen) atoms. The summed E-state index contributed by atoms with van der Waals surface area (Å²) in [6.07, 6.45) is -0.552. The molecule has 3 rings (SSSR count). The van der Waals surface area contributed by atoms with Crippen LogP contribution in [0.1, 0.15) is 30.7 Å². The number of rotatable bonds is 6. The van der Waals surface area contributed by atoms with Crippen LogP contribution in [0, 0.1) is 13.8 Å². The maximum absolute atomic E-state index is 13.0. The zero-order valence-electron chi connectivity index (χ0n) is 16.2. The van der Waals surface area contributed by atoms with Gasteiger partial charge in [0, 0.05) is 12.5 Å². The van der Waals surface area contributed by atoms with E-state index in [2.05, 4.69) is 0 Å². The molecule has 0 saturated carbocycles. The van der Waals surface area contributed by atoms with Gasteiger partial charge in [0.25, 0.3) is 0 Å². The molecule has 1 unspecified atom stereocenters. The van der Waals surface area contributed by atoms with Crippen molar-refractivity contribution in [3.05, 3.63) is 63.5 Å². The van der Waals surface area contributed by atoms with Crippen LogP contribution in [0.15, 0.2) is 45.6 Å². The molecule has 0 aliphatic carbocycles. The number of benzene rings is 2. The Bertz CT molecular complexity index is 1080. The van der Waals surface area contributed by atoms with E-state index in [0.717, 1.165) is 11.1 Å². The van der Waals surface area contributed by atoms with Crippen LogP contribution in [0.3, 0.4) is 0 Å². The van der Waals surface area contributed by atoms with Crippen LogP contribution in [0.25, 0.3) is 11.0 Å². The molecule has 6 nitrogen and oxygen atoms in total. The van der Waals surface area contributed by atoms with Gasteiger partial charge in [-0.1, -0.05) is 13.0 Å². The van der Waals surface area contributed by atoms with Crippen LogP contribution >= 0.6 is 0 Å². The fraction of sp³-hybridized carbons (Fsp3) is 0.273. The first-order valence-electron chi connectivity index (χ1n) is 9.03. The van der Waals surface area contributed by atoms with E-state index in [1.165, 1.54) is 13.0 Å². The van der Waals surface area contributed by atoms with Gasteiger partial charge in [-0.2, -0.15) is 0 Å². The third-order valence-electron chi connectivity index (χ3n) is 4.29. The second-order valence-electron chi connectivity index (χ2n) is 6.72. The normalized spacial score (nSPS) is 12.0. The highest BCUT2D eigenvalue weighted by Crippen LogP contribution is 2.29. The van der Waals surface area contributed by atoms with Gasteiger partial charge in [0.15, 0.2) is 11.9 Å². The number of aryl methyl sites for hydroxylation is 3. The minimum absolute atomic E-state index is 0.160. The maximum atomic E-state index is 13.0. The summed E-state index contributed by atoms with van der Waals surface area (Å²) in [6.45, 7) is 7.22. The Morgan fingerprint density at radius 3 is 2.39 bits per heavy atom.